The average Bonchev–Trinajstić information content (AvgIpc) is 3.46. The summed E-state index contributed by atoms with van der Waals surface area (Å²) in [7, 11) is 5.28. The van der Waals surface area contributed by atoms with E-state index >= 15 is 0 Å². The Labute approximate surface area is 229 Å². The Morgan fingerprint density at radius 3 is 2.71 bits per heavy atom. The number of nitrogen functional groups attached to an aromatic ring is 2. The molecular weight excluding hydrogens is 554 g/mol. The predicted octanol–water partition coefficient (Wildman–Crippen LogP) is -1.25. The van der Waals surface area contributed by atoms with Gasteiger partial charge in [-0.05, 0) is 11.6 Å². The van der Waals surface area contributed by atoms with Gasteiger partial charge >= 0.3 is 0 Å². The molecule has 1 saturated heterocycles. The third kappa shape index (κ3) is 5.79. The number of hydrogen-bond donors (Lipinski definition) is 3. The number of thiazole rings is 1. The quantitative estimate of drug-likeness (QED) is 0.131. The van der Waals surface area contributed by atoms with Crippen LogP contribution in [-0.4, -0.2) is 92.1 Å². The zero-order chi connectivity index (χ0) is 27.6. The van der Waals surface area contributed by atoms with Gasteiger partial charge in [-0.2, -0.15) is 9.36 Å². The molecule has 202 valence electrons. The van der Waals surface area contributed by atoms with Crippen molar-refractivity contribution in [2.45, 2.75) is 18.0 Å². The summed E-state index contributed by atoms with van der Waals surface area (Å²) in [5.74, 6) is -2.55. The van der Waals surface area contributed by atoms with E-state index in [4.69, 9.17) is 16.3 Å². The number of anilines is 2. The van der Waals surface area contributed by atoms with Crippen molar-refractivity contribution in [2.75, 3.05) is 45.0 Å². The standard InChI is InChI=1S/C21H25N9O5S3/c1-30(2,7-11-9-37-20(22)24-11)6-4-5-10-8-36-18-13(17(32)29(18)14(10)19(33)34)25-16(31)12(27-35-3)15-26-21(23)38-28-15/h4-5,9,13,18H,6-8H2,1-3H3,(H5-,22,23,24,25,26,28,31,33,34)/b5-4+,27-12-/t13-,18-/m1/s1. The van der Waals surface area contributed by atoms with Crippen molar-refractivity contribution in [3.8, 4) is 0 Å². The predicted molar refractivity (Wildman–Crippen MR) is 141 cm³/mol. The van der Waals surface area contributed by atoms with E-state index in [1.165, 1.54) is 30.2 Å². The summed E-state index contributed by atoms with van der Waals surface area (Å²) >= 11 is 3.58. The molecule has 2 aliphatic rings. The summed E-state index contributed by atoms with van der Waals surface area (Å²) in [5.41, 5.74) is 12.2. The number of rotatable bonds is 10. The van der Waals surface area contributed by atoms with Crippen LogP contribution in [0.15, 0.2) is 34.0 Å². The molecule has 0 bridgehead atoms. The number of amides is 2. The number of β-lactam (4-membered cyclic amide) rings is 1. The number of oxime groups is 1. The first-order valence-corrected chi connectivity index (χ1v) is 13.8. The topological polar surface area (TPSA) is 202 Å². The fourth-order valence-electron chi connectivity index (χ4n) is 3.95. The number of carbonyl (C=O) groups is 3. The monoisotopic (exact) mass is 579 g/mol. The number of aliphatic carboxylic acids is 1. The van der Waals surface area contributed by atoms with Gasteiger partial charge in [0.1, 0.15) is 30.8 Å². The zero-order valence-corrected chi connectivity index (χ0v) is 23.1. The van der Waals surface area contributed by atoms with E-state index in [0.717, 1.165) is 22.1 Å². The Morgan fingerprint density at radius 2 is 2.11 bits per heavy atom. The highest BCUT2D eigenvalue weighted by molar-refractivity contribution is 8.00. The Bertz CT molecular complexity index is 1350. The second kappa shape index (κ2) is 11.1. The van der Waals surface area contributed by atoms with Gasteiger partial charge in [0.05, 0.1) is 32.3 Å². The molecule has 5 N–H and O–H groups in total. The van der Waals surface area contributed by atoms with Gasteiger partial charge in [-0.15, -0.1) is 23.1 Å². The second-order valence-electron chi connectivity index (χ2n) is 8.96. The normalized spacial score (nSPS) is 19.9. The molecule has 4 rings (SSSR count). The molecule has 0 aliphatic carbocycles. The number of quaternary nitrogens is 1. The van der Waals surface area contributed by atoms with Gasteiger partial charge < -0.3 is 36.0 Å². The number of fused-ring (bicyclic) bond motifs is 1. The maximum Gasteiger partial charge on any atom is 0.278 e. The first-order valence-electron chi connectivity index (χ1n) is 11.1. The van der Waals surface area contributed by atoms with Gasteiger partial charge in [0, 0.05) is 22.7 Å². The van der Waals surface area contributed by atoms with Crippen molar-refractivity contribution >= 4 is 68.4 Å². The average molecular weight is 580 g/mol. The molecule has 0 unspecified atom stereocenters. The summed E-state index contributed by atoms with van der Waals surface area (Å²) in [5, 5.41) is 20.2. The molecule has 17 heteroatoms. The number of allylic oxidation sites excluding steroid dienone is 1. The van der Waals surface area contributed by atoms with Gasteiger partial charge in [0.2, 0.25) is 11.5 Å². The second-order valence-corrected chi connectivity index (χ2v) is 11.7. The van der Waals surface area contributed by atoms with Crippen LogP contribution >= 0.6 is 34.6 Å². The van der Waals surface area contributed by atoms with Crippen LogP contribution in [-0.2, 0) is 25.8 Å². The minimum absolute atomic E-state index is 0.0471. The molecule has 2 aliphatic heterocycles. The Kier molecular flexibility index (Phi) is 8.00. The Hall–Kier alpha value is -3.54. The van der Waals surface area contributed by atoms with Crippen LogP contribution in [0.1, 0.15) is 11.5 Å². The summed E-state index contributed by atoms with van der Waals surface area (Å²) in [6, 6.07) is -0.980. The highest BCUT2D eigenvalue weighted by Gasteiger charge is 2.53. The lowest BCUT2D eigenvalue weighted by molar-refractivity contribution is -0.898. The van der Waals surface area contributed by atoms with E-state index in [9.17, 15) is 19.5 Å². The number of likely N-dealkylation sites (N-methyl/N-ethyl adjacent to an activating group) is 1. The number of thioether (sulfide) groups is 1. The van der Waals surface area contributed by atoms with Crippen LogP contribution in [0.2, 0.25) is 0 Å². The molecule has 2 amide bonds. The molecule has 2 aromatic heterocycles. The minimum Gasteiger partial charge on any atom is -0.543 e. The smallest absolute Gasteiger partial charge is 0.278 e. The van der Waals surface area contributed by atoms with Gasteiger partial charge in [0.25, 0.3) is 11.8 Å². The summed E-state index contributed by atoms with van der Waals surface area (Å²) in [6.45, 7) is 1.23. The summed E-state index contributed by atoms with van der Waals surface area (Å²) < 4.78 is 4.51. The third-order valence-electron chi connectivity index (χ3n) is 5.61. The SMILES string of the molecule is CO/N=C(\C(=O)N[C@@H]1C(=O)N2C(C(=O)[O-])=C(/C=C/C[N+](C)(C)Cc3csc(N)n3)CS[C@H]12)c1nsc(N)n1. The van der Waals surface area contributed by atoms with E-state index in [1.807, 2.05) is 25.6 Å². The molecule has 0 saturated carbocycles. The molecule has 4 heterocycles. The van der Waals surface area contributed by atoms with E-state index < -0.39 is 29.2 Å². The number of aromatic nitrogens is 3. The molecule has 0 aromatic carbocycles. The molecule has 1 fully saturated rings. The van der Waals surface area contributed by atoms with E-state index in [-0.39, 0.29) is 22.4 Å². The van der Waals surface area contributed by atoms with Crippen LogP contribution in [0, 0.1) is 0 Å². The van der Waals surface area contributed by atoms with Gasteiger partial charge in [0.15, 0.2) is 10.3 Å². The third-order valence-corrected chi connectivity index (χ3v) is 8.17. The van der Waals surface area contributed by atoms with E-state index in [0.29, 0.717) is 34.0 Å². The van der Waals surface area contributed by atoms with Crippen molar-refractivity contribution in [3.05, 3.63) is 40.3 Å². The summed E-state index contributed by atoms with van der Waals surface area (Å²) in [6.07, 6.45) is 3.56. The van der Waals surface area contributed by atoms with Crippen LogP contribution in [0.25, 0.3) is 0 Å². The number of carboxylic acids is 1. The van der Waals surface area contributed by atoms with Gasteiger partial charge in [-0.1, -0.05) is 11.2 Å². The zero-order valence-electron chi connectivity index (χ0n) is 20.6. The number of nitrogens with two attached hydrogens (primary N) is 2. The van der Waals surface area contributed by atoms with Crippen LogP contribution in [0.3, 0.4) is 0 Å². The van der Waals surface area contributed by atoms with E-state index in [1.54, 1.807) is 6.08 Å². The number of carboxylic acid groups (broad SMARTS) is 1. The molecule has 14 nitrogen and oxygen atoms in total. The first kappa shape index (κ1) is 27.5. The number of hydrogen-bond acceptors (Lipinski definition) is 14. The lowest BCUT2D eigenvalue weighted by Gasteiger charge is -2.50. The Balaban J connectivity index is 1.45. The van der Waals surface area contributed by atoms with Crippen LogP contribution < -0.4 is 21.9 Å². The highest BCUT2D eigenvalue weighted by atomic mass is 32.2. The van der Waals surface area contributed by atoms with Crippen LogP contribution in [0.4, 0.5) is 10.3 Å². The Morgan fingerprint density at radius 1 is 1.34 bits per heavy atom. The highest BCUT2D eigenvalue weighted by Crippen LogP contribution is 2.40. The first-order chi connectivity index (χ1) is 18.0. The molecule has 2 aromatic rings. The molecule has 0 spiro atoms. The van der Waals surface area contributed by atoms with Crippen LogP contribution in [0.5, 0.6) is 0 Å². The molecule has 0 radical (unpaired) electrons. The van der Waals surface area contributed by atoms with Crippen molar-refractivity contribution in [3.63, 3.8) is 0 Å². The number of nitrogens with one attached hydrogen (secondary N) is 1. The van der Waals surface area contributed by atoms with Crippen molar-refractivity contribution in [1.82, 2.24) is 24.6 Å². The summed E-state index contributed by atoms with van der Waals surface area (Å²) in [4.78, 5) is 51.9. The molecule has 38 heavy (non-hydrogen) atoms. The fourth-order valence-corrected chi connectivity index (χ4v) is 6.26. The van der Waals surface area contributed by atoms with Crippen molar-refractivity contribution < 1.29 is 28.8 Å². The van der Waals surface area contributed by atoms with Gasteiger partial charge in [-0.25, -0.2) is 4.98 Å². The number of nitrogens with zero attached hydrogens (tertiary/aromatic N) is 6. The number of carbonyl (C=O) groups excluding carboxylic acids is 3. The molecular formula is C21H25N9O5S3. The lowest BCUT2D eigenvalue weighted by Crippen LogP contribution is -2.71. The lowest BCUT2D eigenvalue weighted by atomic mass is 10.0. The largest absolute Gasteiger partial charge is 0.543 e. The maximum atomic E-state index is 13.0. The van der Waals surface area contributed by atoms with Crippen molar-refractivity contribution in [2.24, 2.45) is 5.16 Å². The van der Waals surface area contributed by atoms with E-state index in [2.05, 4.69) is 24.8 Å². The van der Waals surface area contributed by atoms with Crippen molar-refractivity contribution in [1.29, 1.82) is 0 Å². The maximum absolute atomic E-state index is 13.0. The molecule has 2 atom stereocenters. The van der Waals surface area contributed by atoms with Gasteiger partial charge in [-0.3, -0.25) is 14.5 Å². The minimum atomic E-state index is -1.47. The fraction of sp³-hybridized carbons (Fsp3) is 0.381.